The maximum Gasteiger partial charge on any atom is 0.247 e. The number of pyridine rings is 2. The van der Waals surface area contributed by atoms with Crippen molar-refractivity contribution in [2.75, 3.05) is 11.1 Å². The van der Waals surface area contributed by atoms with Gasteiger partial charge in [0.15, 0.2) is 0 Å². The van der Waals surface area contributed by atoms with Crippen LogP contribution in [0.25, 0.3) is 27.9 Å². The second-order valence-corrected chi connectivity index (χ2v) is 7.99. The third-order valence-electron chi connectivity index (χ3n) is 5.58. The molecule has 172 valence electrons. The van der Waals surface area contributed by atoms with Crippen molar-refractivity contribution < 1.29 is 9.53 Å². The summed E-state index contributed by atoms with van der Waals surface area (Å²) < 4.78 is 7.85. The van der Waals surface area contributed by atoms with Crippen LogP contribution >= 0.6 is 0 Å². The van der Waals surface area contributed by atoms with Crippen LogP contribution in [0.4, 0.5) is 11.6 Å². The lowest BCUT2D eigenvalue weighted by atomic mass is 9.98. The van der Waals surface area contributed by atoms with Gasteiger partial charge in [-0.1, -0.05) is 30.8 Å². The van der Waals surface area contributed by atoms with Crippen molar-refractivity contribution in [2.45, 2.75) is 6.92 Å². The van der Waals surface area contributed by atoms with E-state index in [-0.39, 0.29) is 5.91 Å². The smallest absolute Gasteiger partial charge is 0.247 e. The number of benzene rings is 2. The lowest BCUT2D eigenvalue weighted by Gasteiger charge is -2.15. The number of ether oxygens (including phenoxy) is 1. The van der Waals surface area contributed by atoms with Crippen LogP contribution in [0.5, 0.6) is 11.6 Å². The Labute approximate surface area is 202 Å². The van der Waals surface area contributed by atoms with E-state index in [1.165, 1.54) is 6.08 Å². The standard InChI is InChI=1S/C28H23N5O2/c1-3-25(34)32-21-11-7-19(8-12-21)24-16-13-22-17-30-28(29)33(22)27(24)20-9-14-23(15-10-20)35-26-6-4-5-18(2)31-26/h3-17H,1H2,2H3,(H2,29,30)(H,32,34). The summed E-state index contributed by atoms with van der Waals surface area (Å²) in [6, 6.07) is 25.1. The Kier molecular flexibility index (Phi) is 5.73. The first kappa shape index (κ1) is 21.9. The molecule has 1 amide bonds. The number of fused-ring (bicyclic) bond motifs is 1. The van der Waals surface area contributed by atoms with Crippen molar-refractivity contribution in [1.82, 2.24) is 14.4 Å². The molecule has 3 aromatic heterocycles. The van der Waals surface area contributed by atoms with Crippen LogP contribution < -0.4 is 15.8 Å². The van der Waals surface area contributed by atoms with Crippen LogP contribution in [0.3, 0.4) is 0 Å². The number of aromatic nitrogens is 3. The zero-order valence-corrected chi connectivity index (χ0v) is 19.1. The molecule has 0 aliphatic rings. The summed E-state index contributed by atoms with van der Waals surface area (Å²) in [4.78, 5) is 20.3. The molecule has 0 fully saturated rings. The first-order valence-corrected chi connectivity index (χ1v) is 11.0. The minimum Gasteiger partial charge on any atom is -0.439 e. The molecule has 0 saturated heterocycles. The van der Waals surface area contributed by atoms with Gasteiger partial charge in [-0.3, -0.25) is 9.20 Å². The van der Waals surface area contributed by atoms with E-state index in [4.69, 9.17) is 10.5 Å². The van der Waals surface area contributed by atoms with E-state index in [0.29, 0.717) is 23.3 Å². The summed E-state index contributed by atoms with van der Waals surface area (Å²) in [5, 5.41) is 2.77. The molecule has 3 N–H and O–H groups in total. The number of carbonyl (C=O) groups excluding carboxylic acids is 1. The normalized spacial score (nSPS) is 10.8. The predicted octanol–water partition coefficient (Wildman–Crippen LogP) is 5.87. The van der Waals surface area contributed by atoms with Gasteiger partial charge in [0.1, 0.15) is 5.75 Å². The molecule has 2 aromatic carbocycles. The molecular formula is C28H23N5O2. The average Bonchev–Trinajstić information content (AvgIpc) is 3.25. The molecule has 0 bridgehead atoms. The van der Waals surface area contributed by atoms with Gasteiger partial charge in [-0.05, 0) is 72.7 Å². The molecular weight excluding hydrogens is 438 g/mol. The second-order valence-electron chi connectivity index (χ2n) is 7.99. The lowest BCUT2D eigenvalue weighted by Crippen LogP contribution is -2.06. The van der Waals surface area contributed by atoms with Crippen molar-refractivity contribution in [3.63, 3.8) is 0 Å². The van der Waals surface area contributed by atoms with E-state index in [0.717, 1.165) is 33.6 Å². The van der Waals surface area contributed by atoms with Crippen molar-refractivity contribution in [2.24, 2.45) is 0 Å². The number of carbonyl (C=O) groups is 1. The Morgan fingerprint density at radius 3 is 2.46 bits per heavy atom. The van der Waals surface area contributed by atoms with Crippen LogP contribution in [-0.2, 0) is 4.79 Å². The molecule has 0 atom stereocenters. The van der Waals surface area contributed by atoms with E-state index in [1.807, 2.05) is 90.2 Å². The minimum atomic E-state index is -0.255. The van der Waals surface area contributed by atoms with E-state index < -0.39 is 0 Å². The third kappa shape index (κ3) is 4.47. The van der Waals surface area contributed by atoms with Gasteiger partial charge in [0, 0.05) is 23.0 Å². The number of aryl methyl sites for hydroxylation is 1. The number of rotatable bonds is 6. The monoisotopic (exact) mass is 461 g/mol. The van der Waals surface area contributed by atoms with Gasteiger partial charge < -0.3 is 15.8 Å². The van der Waals surface area contributed by atoms with E-state index in [9.17, 15) is 4.79 Å². The van der Waals surface area contributed by atoms with Crippen molar-refractivity contribution in [3.05, 3.63) is 103 Å². The summed E-state index contributed by atoms with van der Waals surface area (Å²) in [5.74, 6) is 1.37. The molecule has 5 rings (SSSR count). The zero-order chi connectivity index (χ0) is 24.4. The predicted molar refractivity (Wildman–Crippen MR) is 138 cm³/mol. The second kappa shape index (κ2) is 9.15. The Bertz CT molecular complexity index is 1540. The highest BCUT2D eigenvalue weighted by atomic mass is 16.5. The molecule has 0 aliphatic carbocycles. The Hall–Kier alpha value is -4.91. The van der Waals surface area contributed by atoms with E-state index in [2.05, 4.69) is 21.9 Å². The molecule has 7 nitrogen and oxygen atoms in total. The number of nitrogens with zero attached hydrogens (tertiary/aromatic N) is 3. The molecule has 0 unspecified atom stereocenters. The third-order valence-corrected chi connectivity index (χ3v) is 5.58. The van der Waals surface area contributed by atoms with Gasteiger partial charge in [-0.25, -0.2) is 9.97 Å². The SMILES string of the molecule is C=CC(=O)Nc1ccc(-c2ccc3cnc(N)n3c2-c2ccc(Oc3cccc(C)n3)cc2)cc1. The lowest BCUT2D eigenvalue weighted by molar-refractivity contribution is -0.111. The van der Waals surface area contributed by atoms with E-state index in [1.54, 1.807) is 6.20 Å². The molecule has 0 radical (unpaired) electrons. The quantitative estimate of drug-likeness (QED) is 0.308. The maximum atomic E-state index is 11.6. The van der Waals surface area contributed by atoms with Gasteiger partial charge in [-0.2, -0.15) is 0 Å². The van der Waals surface area contributed by atoms with Gasteiger partial charge in [0.2, 0.25) is 17.7 Å². The summed E-state index contributed by atoms with van der Waals surface area (Å²) >= 11 is 0. The number of hydrogen-bond donors (Lipinski definition) is 2. The van der Waals surface area contributed by atoms with Crippen LogP contribution in [0.2, 0.25) is 0 Å². The van der Waals surface area contributed by atoms with Gasteiger partial charge in [0.25, 0.3) is 0 Å². The van der Waals surface area contributed by atoms with Crippen LogP contribution in [0.1, 0.15) is 5.69 Å². The summed E-state index contributed by atoms with van der Waals surface area (Å²) in [6.45, 7) is 5.41. The Morgan fingerprint density at radius 2 is 1.74 bits per heavy atom. The highest BCUT2D eigenvalue weighted by Gasteiger charge is 2.15. The Morgan fingerprint density at radius 1 is 1.00 bits per heavy atom. The van der Waals surface area contributed by atoms with Gasteiger partial charge >= 0.3 is 0 Å². The zero-order valence-electron chi connectivity index (χ0n) is 19.1. The van der Waals surface area contributed by atoms with Crippen molar-refractivity contribution in [3.8, 4) is 34.0 Å². The summed E-state index contributed by atoms with van der Waals surface area (Å²) in [7, 11) is 0. The van der Waals surface area contributed by atoms with Gasteiger partial charge in [0.05, 0.1) is 17.4 Å². The topological polar surface area (TPSA) is 94.5 Å². The maximum absolute atomic E-state index is 11.6. The number of nitrogen functional groups attached to an aromatic ring is 1. The number of nitrogens with two attached hydrogens (primary N) is 1. The average molecular weight is 462 g/mol. The minimum absolute atomic E-state index is 0.255. The molecule has 3 heterocycles. The fourth-order valence-corrected chi connectivity index (χ4v) is 3.93. The largest absolute Gasteiger partial charge is 0.439 e. The highest BCUT2D eigenvalue weighted by Crippen LogP contribution is 2.36. The molecule has 5 aromatic rings. The van der Waals surface area contributed by atoms with Crippen LogP contribution in [0, 0.1) is 6.92 Å². The van der Waals surface area contributed by atoms with Crippen molar-refractivity contribution in [1.29, 1.82) is 0 Å². The molecule has 0 spiro atoms. The fourth-order valence-electron chi connectivity index (χ4n) is 3.93. The first-order valence-electron chi connectivity index (χ1n) is 11.0. The molecule has 0 aliphatic heterocycles. The number of anilines is 2. The number of amides is 1. The fraction of sp³-hybridized carbons (Fsp3) is 0.0357. The number of nitrogens with one attached hydrogen (secondary N) is 1. The number of hydrogen-bond acceptors (Lipinski definition) is 5. The molecule has 0 saturated carbocycles. The summed E-state index contributed by atoms with van der Waals surface area (Å²) in [6.07, 6.45) is 2.99. The number of imidazole rings is 1. The van der Waals surface area contributed by atoms with Crippen LogP contribution in [-0.4, -0.2) is 20.3 Å². The van der Waals surface area contributed by atoms with E-state index >= 15 is 0 Å². The Balaban J connectivity index is 1.55. The summed E-state index contributed by atoms with van der Waals surface area (Å²) in [5.41, 5.74) is 12.5. The van der Waals surface area contributed by atoms with Gasteiger partial charge in [-0.15, -0.1) is 0 Å². The molecule has 7 heteroatoms. The van der Waals surface area contributed by atoms with Crippen LogP contribution in [0.15, 0.2) is 97.7 Å². The molecule has 35 heavy (non-hydrogen) atoms. The first-order chi connectivity index (χ1) is 17.0. The van der Waals surface area contributed by atoms with Crippen molar-refractivity contribution >= 4 is 23.1 Å². The highest BCUT2D eigenvalue weighted by molar-refractivity contribution is 5.99.